The molecule has 1 aliphatic rings. The normalized spacial score (nSPS) is 27.5. The number of carbonyl (C=O) groups excluding carboxylic acids is 1. The topological polar surface area (TPSA) is 29.3 Å². The van der Waals surface area contributed by atoms with Crippen molar-refractivity contribution in [2.24, 2.45) is 0 Å². The van der Waals surface area contributed by atoms with Crippen LogP contribution < -0.4 is 0 Å². The van der Waals surface area contributed by atoms with E-state index in [0.29, 0.717) is 12.6 Å². The highest BCUT2D eigenvalue weighted by Crippen LogP contribution is 2.30. The third-order valence-electron chi connectivity index (χ3n) is 2.98. The van der Waals surface area contributed by atoms with E-state index in [1.807, 2.05) is 25.1 Å². The van der Waals surface area contributed by atoms with E-state index in [9.17, 15) is 4.79 Å². The van der Waals surface area contributed by atoms with Crippen LogP contribution in [-0.2, 0) is 16.1 Å². The molecule has 3 nitrogen and oxygen atoms in total. The second-order valence-electron chi connectivity index (χ2n) is 4.10. The molecule has 0 aromatic heterocycles. The SMILES string of the molecule is CCOC(=O)[C@H]1[C@H](C)N1Cc1ccccc1. The number of hydrogen-bond donors (Lipinski definition) is 0. The van der Waals surface area contributed by atoms with Crippen LogP contribution in [0.1, 0.15) is 19.4 Å². The molecule has 0 N–H and O–H groups in total. The first-order valence-corrected chi connectivity index (χ1v) is 5.70. The van der Waals surface area contributed by atoms with E-state index < -0.39 is 0 Å². The first kappa shape index (κ1) is 11.1. The number of ether oxygens (including phenoxy) is 1. The molecule has 1 unspecified atom stereocenters. The van der Waals surface area contributed by atoms with Crippen molar-refractivity contribution in [2.75, 3.05) is 6.61 Å². The van der Waals surface area contributed by atoms with Crippen molar-refractivity contribution >= 4 is 5.97 Å². The summed E-state index contributed by atoms with van der Waals surface area (Å²) in [5.74, 6) is -0.0917. The highest BCUT2D eigenvalue weighted by Gasteiger charge is 2.49. The van der Waals surface area contributed by atoms with Gasteiger partial charge in [-0.3, -0.25) is 9.69 Å². The Morgan fingerprint density at radius 2 is 2.06 bits per heavy atom. The number of benzene rings is 1. The summed E-state index contributed by atoms with van der Waals surface area (Å²) in [6.07, 6.45) is 0. The molecule has 1 saturated heterocycles. The summed E-state index contributed by atoms with van der Waals surface area (Å²) in [4.78, 5) is 13.7. The Morgan fingerprint density at radius 3 is 2.69 bits per heavy atom. The zero-order chi connectivity index (χ0) is 11.5. The Labute approximate surface area is 96.0 Å². The summed E-state index contributed by atoms with van der Waals surface area (Å²) >= 11 is 0. The van der Waals surface area contributed by atoms with Crippen LogP contribution in [0.25, 0.3) is 0 Å². The molecular formula is C13H17NO2. The van der Waals surface area contributed by atoms with Crippen molar-refractivity contribution in [1.29, 1.82) is 0 Å². The molecule has 0 saturated carbocycles. The third kappa shape index (κ3) is 2.25. The average Bonchev–Trinajstić information content (AvgIpc) is 2.91. The minimum Gasteiger partial charge on any atom is -0.465 e. The maximum absolute atomic E-state index is 11.6. The van der Waals surface area contributed by atoms with Gasteiger partial charge < -0.3 is 4.74 Å². The number of esters is 1. The second kappa shape index (κ2) is 4.66. The molecule has 0 radical (unpaired) electrons. The lowest BCUT2D eigenvalue weighted by Gasteiger charge is -2.03. The molecule has 1 aromatic rings. The summed E-state index contributed by atoms with van der Waals surface area (Å²) in [6, 6.07) is 10.4. The Balaban J connectivity index is 1.91. The Bertz CT molecular complexity index is 363. The zero-order valence-electron chi connectivity index (χ0n) is 9.72. The largest absolute Gasteiger partial charge is 0.465 e. The molecular weight excluding hydrogens is 202 g/mol. The van der Waals surface area contributed by atoms with Gasteiger partial charge in [-0.15, -0.1) is 0 Å². The minimum absolute atomic E-state index is 0.0415. The van der Waals surface area contributed by atoms with Gasteiger partial charge in [-0.2, -0.15) is 0 Å². The predicted octanol–water partition coefficient (Wildman–Crippen LogP) is 1.82. The van der Waals surface area contributed by atoms with E-state index in [2.05, 4.69) is 24.0 Å². The van der Waals surface area contributed by atoms with E-state index in [1.54, 1.807) is 0 Å². The summed E-state index contributed by atoms with van der Waals surface area (Å²) in [5, 5.41) is 0. The minimum atomic E-state index is -0.0917. The van der Waals surface area contributed by atoms with Gasteiger partial charge >= 0.3 is 5.97 Å². The van der Waals surface area contributed by atoms with Gasteiger partial charge in [0.25, 0.3) is 0 Å². The van der Waals surface area contributed by atoms with Crippen molar-refractivity contribution in [3.8, 4) is 0 Å². The highest BCUT2D eigenvalue weighted by molar-refractivity contribution is 5.80. The van der Waals surface area contributed by atoms with Crippen molar-refractivity contribution < 1.29 is 9.53 Å². The second-order valence-corrected chi connectivity index (χ2v) is 4.10. The maximum atomic E-state index is 11.6. The molecule has 0 spiro atoms. The van der Waals surface area contributed by atoms with Gasteiger partial charge in [-0.25, -0.2) is 0 Å². The lowest BCUT2D eigenvalue weighted by molar-refractivity contribution is -0.143. The molecule has 0 amide bonds. The fourth-order valence-electron chi connectivity index (χ4n) is 2.01. The molecule has 0 bridgehead atoms. The number of nitrogens with zero attached hydrogens (tertiary/aromatic N) is 1. The molecule has 16 heavy (non-hydrogen) atoms. The van der Waals surface area contributed by atoms with Crippen molar-refractivity contribution in [3.05, 3.63) is 35.9 Å². The molecule has 1 aromatic carbocycles. The van der Waals surface area contributed by atoms with E-state index in [1.165, 1.54) is 5.56 Å². The standard InChI is InChI=1S/C13H17NO2/c1-3-16-13(15)12-10(2)14(12)9-11-7-5-4-6-8-11/h4-8,10,12H,3,9H2,1-2H3/t10-,12+,14?/m0/s1. The van der Waals surface area contributed by atoms with E-state index in [-0.39, 0.29) is 12.0 Å². The number of rotatable bonds is 4. The molecule has 86 valence electrons. The lowest BCUT2D eigenvalue weighted by Crippen LogP contribution is -2.16. The first-order valence-electron chi connectivity index (χ1n) is 5.70. The first-order chi connectivity index (χ1) is 7.74. The van der Waals surface area contributed by atoms with Gasteiger partial charge in [0.15, 0.2) is 0 Å². The molecule has 2 rings (SSSR count). The zero-order valence-corrected chi connectivity index (χ0v) is 9.72. The fraction of sp³-hybridized carbons (Fsp3) is 0.462. The maximum Gasteiger partial charge on any atom is 0.324 e. The molecule has 1 fully saturated rings. The Morgan fingerprint density at radius 1 is 1.38 bits per heavy atom. The van der Waals surface area contributed by atoms with Crippen LogP contribution in [0.5, 0.6) is 0 Å². The van der Waals surface area contributed by atoms with Crippen LogP contribution >= 0.6 is 0 Å². The molecule has 1 heterocycles. The third-order valence-corrected chi connectivity index (χ3v) is 2.98. The predicted molar refractivity (Wildman–Crippen MR) is 61.9 cm³/mol. The van der Waals surface area contributed by atoms with Crippen LogP contribution in [0.15, 0.2) is 30.3 Å². The van der Waals surface area contributed by atoms with Crippen LogP contribution in [-0.4, -0.2) is 29.6 Å². The van der Waals surface area contributed by atoms with Gasteiger partial charge in [-0.05, 0) is 19.4 Å². The Kier molecular flexibility index (Phi) is 3.25. The smallest absolute Gasteiger partial charge is 0.324 e. The summed E-state index contributed by atoms with van der Waals surface area (Å²) in [7, 11) is 0. The molecule has 1 aliphatic heterocycles. The van der Waals surface area contributed by atoms with Crippen molar-refractivity contribution in [3.63, 3.8) is 0 Å². The van der Waals surface area contributed by atoms with Gasteiger partial charge in [0.2, 0.25) is 0 Å². The van der Waals surface area contributed by atoms with Crippen LogP contribution in [0, 0.1) is 0 Å². The van der Waals surface area contributed by atoms with Crippen LogP contribution in [0.2, 0.25) is 0 Å². The molecule has 3 heteroatoms. The summed E-state index contributed by atoms with van der Waals surface area (Å²) in [5.41, 5.74) is 1.24. The van der Waals surface area contributed by atoms with E-state index in [4.69, 9.17) is 4.74 Å². The van der Waals surface area contributed by atoms with Gasteiger partial charge in [0, 0.05) is 12.6 Å². The van der Waals surface area contributed by atoms with E-state index >= 15 is 0 Å². The lowest BCUT2D eigenvalue weighted by atomic mass is 10.2. The van der Waals surface area contributed by atoms with Crippen molar-refractivity contribution in [1.82, 2.24) is 4.90 Å². The molecule has 0 aliphatic carbocycles. The highest BCUT2D eigenvalue weighted by atomic mass is 16.5. The number of carbonyl (C=O) groups is 1. The van der Waals surface area contributed by atoms with Crippen LogP contribution in [0.4, 0.5) is 0 Å². The quantitative estimate of drug-likeness (QED) is 0.571. The van der Waals surface area contributed by atoms with E-state index in [0.717, 1.165) is 6.54 Å². The average molecular weight is 219 g/mol. The summed E-state index contributed by atoms with van der Waals surface area (Å²) in [6.45, 7) is 5.18. The molecule has 3 atom stereocenters. The fourth-order valence-corrected chi connectivity index (χ4v) is 2.01. The summed E-state index contributed by atoms with van der Waals surface area (Å²) < 4.78 is 5.02. The van der Waals surface area contributed by atoms with Gasteiger partial charge in [0.05, 0.1) is 6.61 Å². The number of hydrogen-bond acceptors (Lipinski definition) is 3. The monoisotopic (exact) mass is 219 g/mol. The van der Waals surface area contributed by atoms with Gasteiger partial charge in [-0.1, -0.05) is 30.3 Å². The van der Waals surface area contributed by atoms with Gasteiger partial charge in [0.1, 0.15) is 6.04 Å². The van der Waals surface area contributed by atoms with Crippen molar-refractivity contribution in [2.45, 2.75) is 32.5 Å². The Hall–Kier alpha value is -1.35. The van der Waals surface area contributed by atoms with Crippen LogP contribution in [0.3, 0.4) is 0 Å².